The Morgan fingerprint density at radius 3 is 1.79 bits per heavy atom. The number of unbranched alkanes of at least 4 members (excludes halogenated alkanes) is 12. The monoisotopic (exact) mass is 601 g/mol. The molecule has 0 unspecified atom stereocenters. The molecule has 244 valence electrons. The van der Waals surface area contributed by atoms with Gasteiger partial charge in [0, 0.05) is 49.2 Å². The number of nitrogens with two attached hydrogens (primary N) is 1. The highest BCUT2D eigenvalue weighted by atomic mass is 16.5. The van der Waals surface area contributed by atoms with Crippen LogP contribution in [0.3, 0.4) is 0 Å². The first-order chi connectivity index (χ1) is 20.8. The van der Waals surface area contributed by atoms with Crippen LogP contribution in [0.1, 0.15) is 155 Å². The molecule has 43 heavy (non-hydrogen) atoms. The molecule has 3 N–H and O–H groups in total. The normalized spacial score (nSPS) is 10.9. The molecule has 0 radical (unpaired) electrons. The number of ether oxygens (including phenoxy) is 1. The smallest absolute Gasteiger partial charge is 0.306 e. The van der Waals surface area contributed by atoms with Gasteiger partial charge in [0.2, 0.25) is 17.7 Å². The molecule has 0 aliphatic heterocycles. The molecule has 0 atom stereocenters. The van der Waals surface area contributed by atoms with Crippen molar-refractivity contribution in [1.29, 1.82) is 0 Å². The Hall–Kier alpha value is -2.90. The third-order valence-corrected chi connectivity index (χ3v) is 7.72. The average Bonchev–Trinajstić information content (AvgIpc) is 2.98. The number of nitrogens with zero attached hydrogens (tertiary/aromatic N) is 1. The van der Waals surface area contributed by atoms with Gasteiger partial charge >= 0.3 is 5.97 Å². The van der Waals surface area contributed by atoms with Crippen LogP contribution in [0.4, 0.5) is 11.4 Å². The number of carbonyl (C=O) groups excluding carboxylic acids is 4. The number of rotatable bonds is 25. The van der Waals surface area contributed by atoms with E-state index in [2.05, 4.69) is 26.1 Å². The van der Waals surface area contributed by atoms with Gasteiger partial charge in [-0.15, -0.1) is 0 Å². The molecule has 8 nitrogen and oxygen atoms in total. The van der Waals surface area contributed by atoms with Gasteiger partial charge in [-0.3, -0.25) is 24.1 Å². The van der Waals surface area contributed by atoms with Crippen LogP contribution >= 0.6 is 0 Å². The SMILES string of the molecule is CCCCCCCC(=O)N(CCCCCC(=O)Nc1cccc(N)c1COC(=O)CCCCC)C(=O)CCCCCCC. The quantitative estimate of drug-likeness (QED) is 0.0659. The minimum atomic E-state index is -0.270. The van der Waals surface area contributed by atoms with Crippen molar-refractivity contribution in [2.24, 2.45) is 0 Å². The zero-order chi connectivity index (χ0) is 31.7. The Morgan fingerprint density at radius 1 is 0.674 bits per heavy atom. The number of esters is 1. The van der Waals surface area contributed by atoms with Crippen molar-refractivity contribution in [2.75, 3.05) is 17.6 Å². The van der Waals surface area contributed by atoms with E-state index in [1.165, 1.54) is 17.7 Å². The molecule has 1 aromatic rings. The first-order valence-electron chi connectivity index (χ1n) is 17.0. The number of nitrogen functional groups attached to an aromatic ring is 1. The van der Waals surface area contributed by atoms with Gasteiger partial charge < -0.3 is 15.8 Å². The van der Waals surface area contributed by atoms with Crippen molar-refractivity contribution >= 4 is 35.1 Å². The zero-order valence-corrected chi connectivity index (χ0v) is 27.4. The lowest BCUT2D eigenvalue weighted by Gasteiger charge is -2.21. The van der Waals surface area contributed by atoms with E-state index in [1.54, 1.807) is 18.2 Å². The second-order valence-electron chi connectivity index (χ2n) is 11.6. The van der Waals surface area contributed by atoms with E-state index >= 15 is 0 Å². The summed E-state index contributed by atoms with van der Waals surface area (Å²) in [6.07, 6.45) is 17.0. The lowest BCUT2D eigenvalue weighted by molar-refractivity contribution is -0.146. The second kappa shape index (κ2) is 24.5. The fourth-order valence-electron chi connectivity index (χ4n) is 4.99. The summed E-state index contributed by atoms with van der Waals surface area (Å²) in [5.74, 6) is -0.543. The molecular formula is C35H59N3O5. The largest absolute Gasteiger partial charge is 0.461 e. The van der Waals surface area contributed by atoms with E-state index < -0.39 is 0 Å². The van der Waals surface area contributed by atoms with Crippen LogP contribution in [0.15, 0.2) is 18.2 Å². The lowest BCUT2D eigenvalue weighted by atomic mass is 10.1. The van der Waals surface area contributed by atoms with Crippen LogP contribution in [0.25, 0.3) is 0 Å². The maximum absolute atomic E-state index is 12.9. The summed E-state index contributed by atoms with van der Waals surface area (Å²) in [4.78, 5) is 52.1. The topological polar surface area (TPSA) is 119 Å². The maximum Gasteiger partial charge on any atom is 0.306 e. The van der Waals surface area contributed by atoms with Crippen LogP contribution < -0.4 is 11.1 Å². The van der Waals surface area contributed by atoms with Gasteiger partial charge in [-0.25, -0.2) is 0 Å². The molecule has 8 heteroatoms. The predicted octanol–water partition coefficient (Wildman–Crippen LogP) is 8.47. The highest BCUT2D eigenvalue weighted by Crippen LogP contribution is 2.24. The maximum atomic E-state index is 12.9. The lowest BCUT2D eigenvalue weighted by Crippen LogP contribution is -2.37. The summed E-state index contributed by atoms with van der Waals surface area (Å²) >= 11 is 0. The summed E-state index contributed by atoms with van der Waals surface area (Å²) in [5, 5.41) is 2.91. The van der Waals surface area contributed by atoms with Crippen molar-refractivity contribution in [3.8, 4) is 0 Å². The van der Waals surface area contributed by atoms with E-state index in [4.69, 9.17) is 10.5 Å². The molecule has 0 aliphatic carbocycles. The number of hydrogen-bond donors (Lipinski definition) is 2. The Morgan fingerprint density at radius 2 is 1.19 bits per heavy atom. The Balaban J connectivity index is 2.55. The molecule has 0 aliphatic rings. The van der Waals surface area contributed by atoms with E-state index in [0.717, 1.165) is 77.0 Å². The summed E-state index contributed by atoms with van der Waals surface area (Å²) in [5.41, 5.74) is 7.73. The van der Waals surface area contributed by atoms with Gasteiger partial charge in [0.05, 0.1) is 0 Å². The second-order valence-corrected chi connectivity index (χ2v) is 11.6. The Bertz CT molecular complexity index is 923. The molecule has 0 aromatic heterocycles. The first kappa shape index (κ1) is 38.1. The van der Waals surface area contributed by atoms with E-state index in [1.807, 2.05) is 0 Å². The molecular weight excluding hydrogens is 542 g/mol. The number of amides is 3. The summed E-state index contributed by atoms with van der Waals surface area (Å²) in [6.45, 7) is 6.84. The average molecular weight is 602 g/mol. The summed E-state index contributed by atoms with van der Waals surface area (Å²) in [7, 11) is 0. The highest BCUT2D eigenvalue weighted by Gasteiger charge is 2.20. The van der Waals surface area contributed by atoms with Crippen molar-refractivity contribution in [3.63, 3.8) is 0 Å². The third kappa shape index (κ3) is 17.7. The molecule has 0 saturated heterocycles. The number of anilines is 2. The standard InChI is InChI=1S/C35H59N3O5/c1-4-7-10-12-17-24-33(40)38(34(41)25-18-13-11-8-5-2)27-19-14-16-23-32(39)37-31-22-20-21-30(36)29(31)28-43-35(42)26-15-9-6-3/h20-22H,4-19,23-28,36H2,1-3H3,(H,37,39). The molecule has 0 spiro atoms. The predicted molar refractivity (Wildman–Crippen MR) is 175 cm³/mol. The fraction of sp³-hybridized carbons (Fsp3) is 0.714. The first-order valence-corrected chi connectivity index (χ1v) is 17.0. The van der Waals surface area contributed by atoms with Crippen molar-refractivity contribution < 1.29 is 23.9 Å². The van der Waals surface area contributed by atoms with Gasteiger partial charge in [0.25, 0.3) is 0 Å². The van der Waals surface area contributed by atoms with Crippen molar-refractivity contribution in [3.05, 3.63) is 23.8 Å². The van der Waals surface area contributed by atoms with Crippen LogP contribution in [-0.2, 0) is 30.5 Å². The third-order valence-electron chi connectivity index (χ3n) is 7.72. The van der Waals surface area contributed by atoms with Gasteiger partial charge in [0.1, 0.15) is 6.61 Å². The summed E-state index contributed by atoms with van der Waals surface area (Å²) < 4.78 is 5.41. The molecule has 1 rings (SSSR count). The molecule has 0 fully saturated rings. The van der Waals surface area contributed by atoms with Gasteiger partial charge in [0.15, 0.2) is 0 Å². The molecule has 0 bridgehead atoms. The molecule has 1 aromatic carbocycles. The Labute approximate surface area is 260 Å². The van der Waals surface area contributed by atoms with Gasteiger partial charge in [-0.2, -0.15) is 0 Å². The van der Waals surface area contributed by atoms with E-state index in [0.29, 0.717) is 62.0 Å². The Kier molecular flexibility index (Phi) is 21.8. The number of hydrogen-bond acceptors (Lipinski definition) is 6. The summed E-state index contributed by atoms with van der Waals surface area (Å²) in [6, 6.07) is 5.24. The van der Waals surface area contributed by atoms with E-state index in [9.17, 15) is 19.2 Å². The van der Waals surface area contributed by atoms with Crippen LogP contribution in [0.2, 0.25) is 0 Å². The highest BCUT2D eigenvalue weighted by molar-refractivity contribution is 5.95. The van der Waals surface area contributed by atoms with Crippen LogP contribution in [-0.4, -0.2) is 35.1 Å². The van der Waals surface area contributed by atoms with Crippen LogP contribution in [0.5, 0.6) is 0 Å². The molecule has 3 amide bonds. The molecule has 0 heterocycles. The van der Waals surface area contributed by atoms with Gasteiger partial charge in [-0.1, -0.05) is 97.5 Å². The van der Waals surface area contributed by atoms with Crippen molar-refractivity contribution in [2.45, 2.75) is 156 Å². The van der Waals surface area contributed by atoms with Crippen molar-refractivity contribution in [1.82, 2.24) is 4.90 Å². The number of nitrogens with one attached hydrogen (secondary N) is 1. The fourth-order valence-corrected chi connectivity index (χ4v) is 4.99. The zero-order valence-electron chi connectivity index (χ0n) is 27.4. The minimum Gasteiger partial charge on any atom is -0.461 e. The number of benzene rings is 1. The van der Waals surface area contributed by atoms with Crippen LogP contribution in [0, 0.1) is 0 Å². The number of carbonyl (C=O) groups is 4. The molecule has 0 saturated carbocycles. The van der Waals surface area contributed by atoms with E-state index in [-0.39, 0.29) is 30.3 Å². The minimum absolute atomic E-state index is 0.0162. The van der Waals surface area contributed by atoms with Gasteiger partial charge in [-0.05, 0) is 44.2 Å². The number of imide groups is 1.